The number of imidazole rings is 1. The van der Waals surface area contributed by atoms with Gasteiger partial charge in [0.15, 0.2) is 0 Å². The molecule has 3 aromatic rings. The van der Waals surface area contributed by atoms with Gasteiger partial charge in [-0.25, -0.2) is 14.2 Å². The van der Waals surface area contributed by atoms with Crippen LogP contribution < -0.4 is 0 Å². The average Bonchev–Trinajstić information content (AvgIpc) is 2.82. The number of para-hydroxylation sites is 1. The largest absolute Gasteiger partial charge is 0.478 e. The number of rotatable bonds is 2. The van der Waals surface area contributed by atoms with Crippen LogP contribution in [0.25, 0.3) is 16.7 Å². The fourth-order valence-corrected chi connectivity index (χ4v) is 2.36. The molecule has 0 atom stereocenters. The normalized spacial score (nSPS) is 10.9. The first-order valence-electron chi connectivity index (χ1n) is 5.72. The van der Waals surface area contributed by atoms with Crippen molar-refractivity contribution in [1.82, 2.24) is 9.55 Å². The number of hydrogen-bond donors (Lipinski definition) is 1. The number of aromatic nitrogens is 2. The zero-order chi connectivity index (χ0) is 14.3. The summed E-state index contributed by atoms with van der Waals surface area (Å²) in [7, 11) is 0. The first-order chi connectivity index (χ1) is 9.58. The van der Waals surface area contributed by atoms with Crippen LogP contribution in [0.3, 0.4) is 0 Å². The quantitative estimate of drug-likeness (QED) is 0.785. The van der Waals surface area contributed by atoms with Crippen LogP contribution in [0.5, 0.6) is 0 Å². The lowest BCUT2D eigenvalue weighted by Crippen LogP contribution is -2.02. The standard InChI is InChI=1S/C14H8ClFN2O2/c15-10-6-8(16)4-5-12(10)18-7-17-11-3-1-2-9(13(11)18)14(19)20/h1-7H,(H,19,20). The fraction of sp³-hybridized carbons (Fsp3) is 0. The van der Waals surface area contributed by atoms with Crippen LogP contribution in [0.2, 0.25) is 5.02 Å². The van der Waals surface area contributed by atoms with E-state index < -0.39 is 11.8 Å². The SMILES string of the molecule is O=C(O)c1cccc2ncn(-c3ccc(F)cc3Cl)c12. The Hall–Kier alpha value is -2.40. The van der Waals surface area contributed by atoms with E-state index in [1.54, 1.807) is 16.7 Å². The Kier molecular flexibility index (Phi) is 2.91. The first-order valence-corrected chi connectivity index (χ1v) is 6.10. The van der Waals surface area contributed by atoms with Crippen LogP contribution in [0, 0.1) is 5.82 Å². The van der Waals surface area contributed by atoms with Crippen molar-refractivity contribution in [2.75, 3.05) is 0 Å². The molecular weight excluding hydrogens is 283 g/mol. The highest BCUT2D eigenvalue weighted by Crippen LogP contribution is 2.27. The maximum absolute atomic E-state index is 13.1. The summed E-state index contributed by atoms with van der Waals surface area (Å²) in [6.07, 6.45) is 1.47. The van der Waals surface area contributed by atoms with E-state index in [1.807, 2.05) is 0 Å². The van der Waals surface area contributed by atoms with Gasteiger partial charge in [0.1, 0.15) is 12.1 Å². The fourth-order valence-electron chi connectivity index (χ4n) is 2.10. The van der Waals surface area contributed by atoms with Gasteiger partial charge in [0, 0.05) is 0 Å². The molecule has 0 saturated heterocycles. The van der Waals surface area contributed by atoms with E-state index >= 15 is 0 Å². The number of halogens is 2. The Bertz CT molecular complexity index is 829. The second-order valence-electron chi connectivity index (χ2n) is 4.19. The summed E-state index contributed by atoms with van der Waals surface area (Å²) in [5.41, 5.74) is 1.54. The molecule has 2 aromatic carbocycles. The number of carboxylic acid groups (broad SMARTS) is 1. The molecule has 0 aliphatic carbocycles. The van der Waals surface area contributed by atoms with Gasteiger partial charge in [-0.1, -0.05) is 17.7 Å². The van der Waals surface area contributed by atoms with E-state index in [-0.39, 0.29) is 10.6 Å². The Morgan fingerprint density at radius 1 is 1.30 bits per heavy atom. The molecule has 0 bridgehead atoms. The molecule has 0 radical (unpaired) electrons. The number of fused-ring (bicyclic) bond motifs is 1. The molecule has 6 heteroatoms. The molecule has 1 aromatic heterocycles. The monoisotopic (exact) mass is 290 g/mol. The predicted molar refractivity (Wildman–Crippen MR) is 73.0 cm³/mol. The molecule has 100 valence electrons. The highest BCUT2D eigenvalue weighted by atomic mass is 35.5. The van der Waals surface area contributed by atoms with Gasteiger partial charge in [-0.3, -0.25) is 4.57 Å². The van der Waals surface area contributed by atoms with Crippen LogP contribution >= 0.6 is 11.6 Å². The number of carboxylic acids is 1. The Balaban J connectivity index is 2.34. The summed E-state index contributed by atoms with van der Waals surface area (Å²) >= 11 is 6.02. The summed E-state index contributed by atoms with van der Waals surface area (Å²) in [5.74, 6) is -1.52. The molecule has 4 nitrogen and oxygen atoms in total. The number of aromatic carboxylic acids is 1. The highest BCUT2D eigenvalue weighted by Gasteiger charge is 2.15. The zero-order valence-corrected chi connectivity index (χ0v) is 10.8. The summed E-state index contributed by atoms with van der Waals surface area (Å²) in [6.45, 7) is 0. The Morgan fingerprint density at radius 2 is 2.10 bits per heavy atom. The van der Waals surface area contributed by atoms with Gasteiger partial charge < -0.3 is 5.11 Å². The molecular formula is C14H8ClFN2O2. The van der Waals surface area contributed by atoms with Crippen LogP contribution in [0.4, 0.5) is 4.39 Å². The minimum atomic E-state index is -1.06. The number of benzene rings is 2. The van der Waals surface area contributed by atoms with Crippen molar-refractivity contribution >= 4 is 28.6 Å². The molecule has 0 aliphatic heterocycles. The van der Waals surface area contributed by atoms with E-state index in [2.05, 4.69) is 4.98 Å². The van der Waals surface area contributed by atoms with Crippen molar-refractivity contribution in [3.05, 3.63) is 59.1 Å². The molecule has 0 aliphatic rings. The van der Waals surface area contributed by atoms with E-state index in [0.717, 1.165) is 0 Å². The van der Waals surface area contributed by atoms with Gasteiger partial charge in [-0.05, 0) is 30.3 Å². The number of hydrogen-bond acceptors (Lipinski definition) is 2. The third-order valence-electron chi connectivity index (χ3n) is 2.97. The van der Waals surface area contributed by atoms with Gasteiger partial charge in [0.05, 0.1) is 27.3 Å². The van der Waals surface area contributed by atoms with Crippen molar-refractivity contribution in [3.8, 4) is 5.69 Å². The maximum Gasteiger partial charge on any atom is 0.337 e. The lowest BCUT2D eigenvalue weighted by Gasteiger charge is -2.08. The summed E-state index contributed by atoms with van der Waals surface area (Å²) in [6, 6.07) is 8.73. The molecule has 0 fully saturated rings. The summed E-state index contributed by atoms with van der Waals surface area (Å²) < 4.78 is 14.6. The highest BCUT2D eigenvalue weighted by molar-refractivity contribution is 6.32. The van der Waals surface area contributed by atoms with Gasteiger partial charge in [0.2, 0.25) is 0 Å². The molecule has 0 saturated carbocycles. The van der Waals surface area contributed by atoms with Gasteiger partial charge in [-0.15, -0.1) is 0 Å². The minimum absolute atomic E-state index is 0.111. The molecule has 0 amide bonds. The Morgan fingerprint density at radius 3 is 2.80 bits per heavy atom. The van der Waals surface area contributed by atoms with Crippen molar-refractivity contribution in [1.29, 1.82) is 0 Å². The van der Waals surface area contributed by atoms with Crippen molar-refractivity contribution in [3.63, 3.8) is 0 Å². The lowest BCUT2D eigenvalue weighted by molar-refractivity contribution is 0.0698. The van der Waals surface area contributed by atoms with E-state index in [0.29, 0.717) is 16.7 Å². The third kappa shape index (κ3) is 1.92. The smallest absolute Gasteiger partial charge is 0.337 e. The second-order valence-corrected chi connectivity index (χ2v) is 4.60. The summed E-state index contributed by atoms with van der Waals surface area (Å²) in [4.78, 5) is 15.5. The molecule has 20 heavy (non-hydrogen) atoms. The summed E-state index contributed by atoms with van der Waals surface area (Å²) in [5, 5.41) is 9.44. The van der Waals surface area contributed by atoms with E-state index in [1.165, 1.54) is 30.6 Å². The van der Waals surface area contributed by atoms with Crippen molar-refractivity contribution in [2.45, 2.75) is 0 Å². The minimum Gasteiger partial charge on any atom is -0.478 e. The maximum atomic E-state index is 13.1. The third-order valence-corrected chi connectivity index (χ3v) is 3.27. The van der Waals surface area contributed by atoms with E-state index in [9.17, 15) is 14.3 Å². The molecule has 1 heterocycles. The second kappa shape index (κ2) is 4.61. The van der Waals surface area contributed by atoms with Crippen LogP contribution in [0.15, 0.2) is 42.7 Å². The van der Waals surface area contributed by atoms with Crippen LogP contribution in [0.1, 0.15) is 10.4 Å². The molecule has 0 unspecified atom stereocenters. The van der Waals surface area contributed by atoms with E-state index in [4.69, 9.17) is 11.6 Å². The average molecular weight is 291 g/mol. The predicted octanol–water partition coefficient (Wildman–Crippen LogP) is 3.52. The van der Waals surface area contributed by atoms with Gasteiger partial charge in [0.25, 0.3) is 0 Å². The molecule has 0 spiro atoms. The molecule has 1 N–H and O–H groups in total. The Labute approximate surface area is 118 Å². The zero-order valence-electron chi connectivity index (χ0n) is 10.0. The lowest BCUT2D eigenvalue weighted by atomic mass is 10.2. The number of nitrogens with zero attached hydrogens (tertiary/aromatic N) is 2. The van der Waals surface area contributed by atoms with Crippen molar-refractivity contribution < 1.29 is 14.3 Å². The molecule has 3 rings (SSSR count). The van der Waals surface area contributed by atoms with Crippen LogP contribution in [-0.4, -0.2) is 20.6 Å². The number of carbonyl (C=O) groups is 1. The van der Waals surface area contributed by atoms with Gasteiger partial charge in [-0.2, -0.15) is 0 Å². The van der Waals surface area contributed by atoms with Gasteiger partial charge >= 0.3 is 5.97 Å². The van der Waals surface area contributed by atoms with Crippen LogP contribution in [-0.2, 0) is 0 Å². The first kappa shape index (κ1) is 12.6. The van der Waals surface area contributed by atoms with Crippen molar-refractivity contribution in [2.24, 2.45) is 0 Å². The topological polar surface area (TPSA) is 55.1 Å².